The SMILES string of the molecule is CC(C(=O)NC(C)(C)c1ccc(Cl)cc1)c1ccc2c(c1)OCCO2. The van der Waals surface area contributed by atoms with E-state index < -0.39 is 5.54 Å². The molecule has 25 heavy (non-hydrogen) atoms. The predicted octanol–water partition coefficient (Wildman–Crippen LogP) is 4.27. The van der Waals surface area contributed by atoms with E-state index >= 15 is 0 Å². The highest BCUT2D eigenvalue weighted by Crippen LogP contribution is 2.33. The molecule has 0 saturated carbocycles. The van der Waals surface area contributed by atoms with Crippen LogP contribution >= 0.6 is 11.6 Å². The highest BCUT2D eigenvalue weighted by molar-refractivity contribution is 6.30. The van der Waals surface area contributed by atoms with Gasteiger partial charge in [0.2, 0.25) is 5.91 Å². The van der Waals surface area contributed by atoms with Gasteiger partial charge in [-0.15, -0.1) is 0 Å². The average Bonchev–Trinajstić information content (AvgIpc) is 2.60. The summed E-state index contributed by atoms with van der Waals surface area (Å²) >= 11 is 5.95. The largest absolute Gasteiger partial charge is 0.486 e. The summed E-state index contributed by atoms with van der Waals surface area (Å²) in [6.07, 6.45) is 0. The van der Waals surface area contributed by atoms with Crippen molar-refractivity contribution in [1.29, 1.82) is 0 Å². The molecule has 5 heteroatoms. The fourth-order valence-corrected chi connectivity index (χ4v) is 2.96. The number of amides is 1. The van der Waals surface area contributed by atoms with Crippen LogP contribution in [-0.4, -0.2) is 19.1 Å². The average molecular weight is 360 g/mol. The standard InChI is InChI=1S/C20H22ClNO3/c1-13(14-4-9-17-18(12-14)25-11-10-24-17)19(23)22-20(2,3)15-5-7-16(21)8-6-15/h4-9,12-13H,10-11H2,1-3H3,(H,22,23). The van der Waals surface area contributed by atoms with Crippen molar-refractivity contribution in [2.75, 3.05) is 13.2 Å². The molecular weight excluding hydrogens is 338 g/mol. The van der Waals surface area contributed by atoms with Gasteiger partial charge in [0.15, 0.2) is 11.5 Å². The summed E-state index contributed by atoms with van der Waals surface area (Å²) in [5, 5.41) is 3.79. The Bertz CT molecular complexity index is 771. The molecule has 0 fully saturated rings. The Kier molecular flexibility index (Phi) is 4.91. The van der Waals surface area contributed by atoms with Gasteiger partial charge >= 0.3 is 0 Å². The van der Waals surface area contributed by atoms with Crippen molar-refractivity contribution in [1.82, 2.24) is 5.32 Å². The minimum atomic E-state index is -0.496. The number of carbonyl (C=O) groups is 1. The van der Waals surface area contributed by atoms with Gasteiger partial charge in [0.1, 0.15) is 13.2 Å². The number of nitrogens with one attached hydrogen (secondary N) is 1. The maximum Gasteiger partial charge on any atom is 0.227 e. The van der Waals surface area contributed by atoms with Crippen LogP contribution in [0.25, 0.3) is 0 Å². The first-order valence-electron chi connectivity index (χ1n) is 8.34. The van der Waals surface area contributed by atoms with Crippen LogP contribution in [-0.2, 0) is 10.3 Å². The van der Waals surface area contributed by atoms with Crippen LogP contribution in [0.5, 0.6) is 11.5 Å². The molecule has 132 valence electrons. The summed E-state index contributed by atoms with van der Waals surface area (Å²) in [4.78, 5) is 12.8. The zero-order valence-electron chi connectivity index (χ0n) is 14.6. The van der Waals surface area contributed by atoms with Crippen molar-refractivity contribution in [3.8, 4) is 11.5 Å². The molecule has 2 aromatic rings. The van der Waals surface area contributed by atoms with E-state index in [9.17, 15) is 4.79 Å². The smallest absolute Gasteiger partial charge is 0.227 e. The zero-order chi connectivity index (χ0) is 18.0. The third-order valence-corrected chi connectivity index (χ3v) is 4.71. The molecule has 1 amide bonds. The number of hydrogen-bond acceptors (Lipinski definition) is 3. The van der Waals surface area contributed by atoms with Gasteiger partial charge in [0, 0.05) is 5.02 Å². The first-order valence-corrected chi connectivity index (χ1v) is 8.72. The molecule has 0 bridgehead atoms. The van der Waals surface area contributed by atoms with Crippen LogP contribution in [0.2, 0.25) is 5.02 Å². The summed E-state index contributed by atoms with van der Waals surface area (Å²) in [5.74, 6) is 1.07. The van der Waals surface area contributed by atoms with E-state index in [-0.39, 0.29) is 11.8 Å². The van der Waals surface area contributed by atoms with E-state index in [1.54, 1.807) is 0 Å². The van der Waals surface area contributed by atoms with Gasteiger partial charge in [-0.1, -0.05) is 29.8 Å². The van der Waals surface area contributed by atoms with Gasteiger partial charge in [0.05, 0.1) is 11.5 Å². The van der Waals surface area contributed by atoms with E-state index in [0.717, 1.165) is 16.9 Å². The minimum Gasteiger partial charge on any atom is -0.486 e. The molecule has 1 N–H and O–H groups in total. The molecule has 1 unspecified atom stereocenters. The summed E-state index contributed by atoms with van der Waals surface area (Å²) in [6, 6.07) is 13.2. The number of benzene rings is 2. The Balaban J connectivity index is 1.75. The van der Waals surface area contributed by atoms with Crippen molar-refractivity contribution >= 4 is 17.5 Å². The number of fused-ring (bicyclic) bond motifs is 1. The fraction of sp³-hybridized carbons (Fsp3) is 0.350. The van der Waals surface area contributed by atoms with Gasteiger partial charge in [-0.05, 0) is 56.2 Å². The number of ether oxygens (including phenoxy) is 2. The Morgan fingerprint density at radius 1 is 1.08 bits per heavy atom. The Morgan fingerprint density at radius 2 is 1.72 bits per heavy atom. The highest BCUT2D eigenvalue weighted by Gasteiger charge is 2.27. The highest BCUT2D eigenvalue weighted by atomic mass is 35.5. The Labute approximate surface area is 153 Å². The topological polar surface area (TPSA) is 47.6 Å². The molecule has 1 heterocycles. The van der Waals surface area contributed by atoms with Crippen LogP contribution in [0.3, 0.4) is 0 Å². The molecule has 2 aromatic carbocycles. The molecule has 0 saturated heterocycles. The second-order valence-corrected chi connectivity index (χ2v) is 7.18. The summed E-state index contributed by atoms with van der Waals surface area (Å²) in [7, 11) is 0. The van der Waals surface area contributed by atoms with Gasteiger partial charge < -0.3 is 14.8 Å². The molecule has 0 aromatic heterocycles. The molecule has 1 aliphatic rings. The molecule has 1 aliphatic heterocycles. The summed E-state index contributed by atoms with van der Waals surface area (Å²) < 4.78 is 11.1. The van der Waals surface area contributed by atoms with Crippen molar-refractivity contribution in [2.45, 2.75) is 32.2 Å². The Hall–Kier alpha value is -2.20. The number of carbonyl (C=O) groups excluding carboxylic acids is 1. The van der Waals surface area contributed by atoms with E-state index in [1.807, 2.05) is 63.2 Å². The predicted molar refractivity (Wildman–Crippen MR) is 98.5 cm³/mol. The van der Waals surface area contributed by atoms with Crippen LogP contribution < -0.4 is 14.8 Å². The molecule has 0 aliphatic carbocycles. The van der Waals surface area contributed by atoms with Crippen molar-refractivity contribution in [3.63, 3.8) is 0 Å². The van der Waals surface area contributed by atoms with E-state index in [4.69, 9.17) is 21.1 Å². The molecule has 0 spiro atoms. The lowest BCUT2D eigenvalue weighted by molar-refractivity contribution is -0.123. The molecule has 3 rings (SSSR count). The second kappa shape index (κ2) is 6.96. The molecular formula is C20H22ClNO3. The maximum atomic E-state index is 12.8. The third kappa shape index (κ3) is 3.90. The van der Waals surface area contributed by atoms with Crippen LogP contribution in [0.1, 0.15) is 37.8 Å². The molecule has 4 nitrogen and oxygen atoms in total. The van der Waals surface area contributed by atoms with E-state index in [1.165, 1.54) is 0 Å². The monoisotopic (exact) mass is 359 g/mol. The number of hydrogen-bond donors (Lipinski definition) is 1. The van der Waals surface area contributed by atoms with Crippen LogP contribution in [0, 0.1) is 0 Å². The lowest BCUT2D eigenvalue weighted by Crippen LogP contribution is -2.42. The summed E-state index contributed by atoms with van der Waals surface area (Å²) in [6.45, 7) is 6.92. The van der Waals surface area contributed by atoms with Crippen LogP contribution in [0.4, 0.5) is 0 Å². The minimum absolute atomic E-state index is 0.0448. The van der Waals surface area contributed by atoms with Gasteiger partial charge in [-0.2, -0.15) is 0 Å². The lowest BCUT2D eigenvalue weighted by atomic mass is 9.92. The molecule has 0 radical (unpaired) electrons. The first kappa shape index (κ1) is 17.6. The third-order valence-electron chi connectivity index (χ3n) is 4.46. The number of halogens is 1. The summed E-state index contributed by atoms with van der Waals surface area (Å²) in [5.41, 5.74) is 1.40. The molecule has 1 atom stereocenters. The zero-order valence-corrected chi connectivity index (χ0v) is 15.4. The maximum absolute atomic E-state index is 12.8. The fourth-order valence-electron chi connectivity index (χ4n) is 2.84. The lowest BCUT2D eigenvalue weighted by Gasteiger charge is -2.29. The van der Waals surface area contributed by atoms with Crippen molar-refractivity contribution in [2.24, 2.45) is 0 Å². The quantitative estimate of drug-likeness (QED) is 0.887. The van der Waals surface area contributed by atoms with Gasteiger partial charge in [-0.25, -0.2) is 0 Å². The van der Waals surface area contributed by atoms with Gasteiger partial charge in [0.25, 0.3) is 0 Å². The van der Waals surface area contributed by atoms with Crippen molar-refractivity contribution in [3.05, 3.63) is 58.6 Å². The van der Waals surface area contributed by atoms with E-state index in [2.05, 4.69) is 5.32 Å². The van der Waals surface area contributed by atoms with Crippen LogP contribution in [0.15, 0.2) is 42.5 Å². The normalized spacial score (nSPS) is 14.7. The number of rotatable bonds is 4. The van der Waals surface area contributed by atoms with Gasteiger partial charge in [-0.3, -0.25) is 4.79 Å². The second-order valence-electron chi connectivity index (χ2n) is 6.75. The Morgan fingerprint density at radius 3 is 2.40 bits per heavy atom. The van der Waals surface area contributed by atoms with Crippen molar-refractivity contribution < 1.29 is 14.3 Å². The first-order chi connectivity index (χ1) is 11.9. The van der Waals surface area contributed by atoms with E-state index in [0.29, 0.717) is 24.0 Å².